The highest BCUT2D eigenvalue weighted by molar-refractivity contribution is 5.73. The zero-order chi connectivity index (χ0) is 5.54. The van der Waals surface area contributed by atoms with Crippen molar-refractivity contribution in [2.75, 3.05) is 0 Å². The van der Waals surface area contributed by atoms with Gasteiger partial charge in [0.25, 0.3) is 0 Å². The molecular weight excluding hydrogens is 88.1 g/mol. The molecule has 0 spiro atoms. The minimum atomic E-state index is 0.569. The number of aldehydes is 1. The molecule has 0 saturated carbocycles. The first-order chi connectivity index (χ1) is 3.41. The van der Waals surface area contributed by atoms with Crippen molar-refractivity contribution in [1.82, 2.24) is 0 Å². The van der Waals surface area contributed by atoms with E-state index in [4.69, 9.17) is 0 Å². The molecule has 0 aliphatic heterocycles. The van der Waals surface area contributed by atoms with Crippen LogP contribution >= 0.6 is 0 Å². The van der Waals surface area contributed by atoms with Gasteiger partial charge in [-0.3, -0.25) is 4.79 Å². The number of carbonyl (C=O) groups excluding carboxylic acids is 1. The Morgan fingerprint density at radius 3 is 2.57 bits per heavy atom. The zero-order valence-corrected chi connectivity index (χ0v) is 4.14. The molecule has 0 aliphatic carbocycles. The van der Waals surface area contributed by atoms with Crippen LogP contribution in [0.25, 0.3) is 0 Å². The van der Waals surface area contributed by atoms with E-state index in [1.807, 2.05) is 6.92 Å². The molecule has 0 aromatic carbocycles. The van der Waals surface area contributed by atoms with Gasteiger partial charge in [0, 0.05) is 0 Å². The van der Waals surface area contributed by atoms with E-state index in [2.05, 4.69) is 11.8 Å². The van der Waals surface area contributed by atoms with E-state index >= 15 is 0 Å². The van der Waals surface area contributed by atoms with Gasteiger partial charge in [0.05, 0.1) is 0 Å². The van der Waals surface area contributed by atoms with Gasteiger partial charge in [-0.05, 0) is 18.9 Å². The SMILES string of the molecule is C/C=C/C#CC=O. The van der Waals surface area contributed by atoms with Crippen LogP contribution in [0.2, 0.25) is 0 Å². The summed E-state index contributed by atoms with van der Waals surface area (Å²) in [4.78, 5) is 9.47. The molecule has 0 aliphatic rings. The van der Waals surface area contributed by atoms with Crippen molar-refractivity contribution in [2.45, 2.75) is 6.92 Å². The molecule has 0 bridgehead atoms. The molecule has 0 amide bonds. The van der Waals surface area contributed by atoms with Crippen LogP contribution in [0, 0.1) is 11.8 Å². The molecule has 36 valence electrons. The average molecular weight is 94.1 g/mol. The van der Waals surface area contributed by atoms with Crippen LogP contribution in [0.5, 0.6) is 0 Å². The van der Waals surface area contributed by atoms with Crippen molar-refractivity contribution in [2.24, 2.45) is 0 Å². The van der Waals surface area contributed by atoms with Gasteiger partial charge in [-0.15, -0.1) is 0 Å². The first-order valence-electron chi connectivity index (χ1n) is 1.97. The van der Waals surface area contributed by atoms with Gasteiger partial charge >= 0.3 is 0 Å². The Labute approximate surface area is 43.0 Å². The number of allylic oxidation sites excluding steroid dienone is 2. The fourth-order valence-corrected chi connectivity index (χ4v) is 0.165. The van der Waals surface area contributed by atoms with E-state index in [0.717, 1.165) is 0 Å². The molecule has 0 aromatic heterocycles. The van der Waals surface area contributed by atoms with Gasteiger partial charge in [-0.1, -0.05) is 12.0 Å². The minimum absolute atomic E-state index is 0.569. The van der Waals surface area contributed by atoms with Gasteiger partial charge in [0.1, 0.15) is 0 Å². The molecule has 0 fully saturated rings. The molecule has 0 rings (SSSR count). The van der Waals surface area contributed by atoms with Crippen molar-refractivity contribution < 1.29 is 4.79 Å². The van der Waals surface area contributed by atoms with Crippen molar-refractivity contribution in [3.63, 3.8) is 0 Å². The first kappa shape index (κ1) is 5.97. The lowest BCUT2D eigenvalue weighted by Crippen LogP contribution is -1.54. The summed E-state index contributed by atoms with van der Waals surface area (Å²) in [5.74, 6) is 4.72. The lowest BCUT2D eigenvalue weighted by atomic mass is 10.5. The Hall–Kier alpha value is -1.03. The van der Waals surface area contributed by atoms with E-state index in [-0.39, 0.29) is 0 Å². The van der Waals surface area contributed by atoms with E-state index in [1.54, 1.807) is 12.2 Å². The van der Waals surface area contributed by atoms with Crippen molar-refractivity contribution in [1.29, 1.82) is 0 Å². The minimum Gasteiger partial charge on any atom is -0.289 e. The highest BCUT2D eigenvalue weighted by Crippen LogP contribution is 1.61. The zero-order valence-electron chi connectivity index (χ0n) is 4.14. The van der Waals surface area contributed by atoms with Crippen molar-refractivity contribution in [3.8, 4) is 11.8 Å². The fraction of sp³-hybridized carbons (Fsp3) is 0.167. The number of hydrogen-bond acceptors (Lipinski definition) is 1. The average Bonchev–Trinajstić information content (AvgIpc) is 1.69. The summed E-state index contributed by atoms with van der Waals surface area (Å²) in [6, 6.07) is 0. The molecule has 0 heterocycles. The molecule has 0 aromatic rings. The summed E-state index contributed by atoms with van der Waals surface area (Å²) in [6.07, 6.45) is 3.96. The van der Waals surface area contributed by atoms with Crippen LogP contribution < -0.4 is 0 Å². The molecule has 0 unspecified atom stereocenters. The number of hydrogen-bond donors (Lipinski definition) is 0. The van der Waals surface area contributed by atoms with Crippen LogP contribution in [-0.4, -0.2) is 6.29 Å². The number of rotatable bonds is 0. The van der Waals surface area contributed by atoms with Gasteiger partial charge < -0.3 is 0 Å². The largest absolute Gasteiger partial charge is 0.289 e. The highest BCUT2D eigenvalue weighted by atomic mass is 16.1. The maximum absolute atomic E-state index is 9.47. The van der Waals surface area contributed by atoms with Crippen molar-refractivity contribution >= 4 is 6.29 Å². The second kappa shape index (κ2) is 4.97. The Morgan fingerprint density at radius 2 is 2.14 bits per heavy atom. The molecule has 1 nitrogen and oxygen atoms in total. The fourth-order valence-electron chi connectivity index (χ4n) is 0.165. The monoisotopic (exact) mass is 94.0 g/mol. The summed E-state index contributed by atoms with van der Waals surface area (Å²) in [5.41, 5.74) is 0. The van der Waals surface area contributed by atoms with Gasteiger partial charge in [-0.25, -0.2) is 0 Å². The van der Waals surface area contributed by atoms with Crippen LogP contribution in [0.15, 0.2) is 12.2 Å². The third-order valence-corrected chi connectivity index (χ3v) is 0.392. The molecular formula is C6H6O. The third kappa shape index (κ3) is 4.97. The quantitative estimate of drug-likeness (QED) is 0.320. The predicted octanol–water partition coefficient (Wildman–Crippen LogP) is 0.765. The van der Waals surface area contributed by atoms with Gasteiger partial charge in [0.2, 0.25) is 0 Å². The summed E-state index contributed by atoms with van der Waals surface area (Å²) in [5, 5.41) is 0. The van der Waals surface area contributed by atoms with Crippen molar-refractivity contribution in [3.05, 3.63) is 12.2 Å². The van der Waals surface area contributed by atoms with Gasteiger partial charge in [0.15, 0.2) is 6.29 Å². The normalized spacial score (nSPS) is 7.57. The summed E-state index contributed by atoms with van der Waals surface area (Å²) in [7, 11) is 0. The smallest absolute Gasteiger partial charge is 0.193 e. The van der Waals surface area contributed by atoms with Gasteiger partial charge in [-0.2, -0.15) is 0 Å². The Bertz CT molecular complexity index is 123. The Morgan fingerprint density at radius 1 is 1.43 bits per heavy atom. The third-order valence-electron chi connectivity index (χ3n) is 0.392. The molecule has 0 saturated heterocycles. The van der Waals surface area contributed by atoms with E-state index in [9.17, 15) is 4.79 Å². The molecule has 7 heavy (non-hydrogen) atoms. The maximum atomic E-state index is 9.47. The predicted molar refractivity (Wildman–Crippen MR) is 28.7 cm³/mol. The molecule has 0 radical (unpaired) electrons. The first-order valence-corrected chi connectivity index (χ1v) is 1.97. The lowest BCUT2D eigenvalue weighted by molar-refractivity contribution is -0.103. The molecule has 0 atom stereocenters. The standard InChI is InChI=1S/C6H6O/c1-2-3-4-5-6-7/h2-3,6H,1H3/b3-2+. The van der Waals surface area contributed by atoms with Crippen LogP contribution in [-0.2, 0) is 4.79 Å². The topological polar surface area (TPSA) is 17.1 Å². The molecule has 1 heteroatoms. The lowest BCUT2D eigenvalue weighted by Gasteiger charge is -1.56. The molecule has 0 N–H and O–H groups in total. The summed E-state index contributed by atoms with van der Waals surface area (Å²) >= 11 is 0. The second-order valence-corrected chi connectivity index (χ2v) is 0.907. The van der Waals surface area contributed by atoms with Crippen LogP contribution in [0.3, 0.4) is 0 Å². The Balaban J connectivity index is 3.45. The second-order valence-electron chi connectivity index (χ2n) is 0.907. The number of carbonyl (C=O) groups is 1. The van der Waals surface area contributed by atoms with E-state index in [0.29, 0.717) is 6.29 Å². The summed E-state index contributed by atoms with van der Waals surface area (Å²) < 4.78 is 0. The van der Waals surface area contributed by atoms with Crippen LogP contribution in [0.4, 0.5) is 0 Å². The van der Waals surface area contributed by atoms with E-state index < -0.39 is 0 Å². The summed E-state index contributed by atoms with van der Waals surface area (Å²) in [6.45, 7) is 1.85. The Kier molecular flexibility index (Phi) is 4.24. The highest BCUT2D eigenvalue weighted by Gasteiger charge is 1.51. The maximum Gasteiger partial charge on any atom is 0.193 e. The van der Waals surface area contributed by atoms with Crippen LogP contribution in [0.1, 0.15) is 6.92 Å². The van der Waals surface area contributed by atoms with E-state index in [1.165, 1.54) is 0 Å².